The second kappa shape index (κ2) is 5.85. The molecule has 1 aromatic heterocycles. The van der Waals surface area contributed by atoms with Crippen molar-refractivity contribution in [3.05, 3.63) is 46.0 Å². The van der Waals surface area contributed by atoms with Gasteiger partial charge < -0.3 is 5.11 Å². The number of hydrogen-bond acceptors (Lipinski definition) is 3. The number of nitrogens with zero attached hydrogens (tertiary/aromatic N) is 2. The zero-order chi connectivity index (χ0) is 14.9. The summed E-state index contributed by atoms with van der Waals surface area (Å²) in [6, 6.07) is 3.72. The first-order valence-corrected chi connectivity index (χ1v) is 7.10. The van der Waals surface area contributed by atoms with E-state index < -0.39 is 11.8 Å². The molecular weight excluding hydrogens is 303 g/mol. The Morgan fingerprint density at radius 1 is 1.55 bits per heavy atom. The van der Waals surface area contributed by atoms with Gasteiger partial charge in [-0.05, 0) is 25.1 Å². The number of aromatic nitrogens is 2. The smallest absolute Gasteiger partial charge is 0.335 e. The van der Waals surface area contributed by atoms with E-state index in [1.54, 1.807) is 11.7 Å². The van der Waals surface area contributed by atoms with Gasteiger partial charge in [0.2, 0.25) is 0 Å². The summed E-state index contributed by atoms with van der Waals surface area (Å²) in [5.41, 5.74) is 1.65. The standard InChI is InChI=1S/C13H12ClFN2O2S/c1-7-9(12(14)17(2)16-7)6-20-11-5-8(13(18)19)3-4-10(11)15/h3-5H,6H2,1-2H3,(H,18,19). The number of rotatable bonds is 4. The van der Waals surface area contributed by atoms with Crippen LogP contribution in [-0.4, -0.2) is 20.9 Å². The van der Waals surface area contributed by atoms with Crippen molar-refractivity contribution < 1.29 is 14.3 Å². The molecule has 4 nitrogen and oxygen atoms in total. The Labute approximate surface area is 124 Å². The van der Waals surface area contributed by atoms with Gasteiger partial charge in [0.05, 0.1) is 11.3 Å². The molecule has 7 heteroatoms. The predicted molar refractivity (Wildman–Crippen MR) is 75.9 cm³/mol. The highest BCUT2D eigenvalue weighted by atomic mass is 35.5. The zero-order valence-corrected chi connectivity index (χ0v) is 12.4. The number of halogens is 2. The molecule has 2 aromatic rings. The largest absolute Gasteiger partial charge is 0.478 e. The van der Waals surface area contributed by atoms with Crippen molar-refractivity contribution in [2.75, 3.05) is 0 Å². The molecule has 1 aromatic carbocycles. The molecule has 0 aliphatic carbocycles. The number of thioether (sulfide) groups is 1. The lowest BCUT2D eigenvalue weighted by Gasteiger charge is -2.05. The summed E-state index contributed by atoms with van der Waals surface area (Å²) < 4.78 is 15.2. The van der Waals surface area contributed by atoms with Gasteiger partial charge in [0, 0.05) is 23.3 Å². The molecule has 1 heterocycles. The Morgan fingerprint density at radius 3 is 2.80 bits per heavy atom. The lowest BCUT2D eigenvalue weighted by Crippen LogP contribution is -1.97. The van der Waals surface area contributed by atoms with Gasteiger partial charge in [0.15, 0.2) is 0 Å². The van der Waals surface area contributed by atoms with Crippen LogP contribution in [0.5, 0.6) is 0 Å². The van der Waals surface area contributed by atoms with Crippen molar-refractivity contribution in [3.63, 3.8) is 0 Å². The van der Waals surface area contributed by atoms with Gasteiger partial charge in [-0.3, -0.25) is 4.68 Å². The fourth-order valence-electron chi connectivity index (χ4n) is 1.73. The topological polar surface area (TPSA) is 55.1 Å². The summed E-state index contributed by atoms with van der Waals surface area (Å²) >= 11 is 7.30. The van der Waals surface area contributed by atoms with Crippen LogP contribution in [0.2, 0.25) is 5.15 Å². The van der Waals surface area contributed by atoms with Gasteiger partial charge in [0.25, 0.3) is 0 Å². The van der Waals surface area contributed by atoms with Crippen LogP contribution < -0.4 is 0 Å². The SMILES string of the molecule is Cc1nn(C)c(Cl)c1CSc1cc(C(=O)O)ccc1F. The first kappa shape index (κ1) is 14.9. The maximum absolute atomic E-state index is 13.7. The van der Waals surface area contributed by atoms with E-state index in [-0.39, 0.29) is 10.5 Å². The predicted octanol–water partition coefficient (Wildman–Crippen LogP) is 3.51. The van der Waals surface area contributed by atoms with E-state index in [0.29, 0.717) is 10.9 Å². The van der Waals surface area contributed by atoms with Gasteiger partial charge in [-0.2, -0.15) is 5.10 Å². The number of carboxylic acids is 1. The fraction of sp³-hybridized carbons (Fsp3) is 0.231. The number of carbonyl (C=O) groups is 1. The third-order valence-corrected chi connectivity index (χ3v) is 4.35. The number of hydrogen-bond donors (Lipinski definition) is 1. The minimum Gasteiger partial charge on any atom is -0.478 e. The summed E-state index contributed by atoms with van der Waals surface area (Å²) in [7, 11) is 1.73. The van der Waals surface area contributed by atoms with E-state index in [1.165, 1.54) is 23.9 Å². The highest BCUT2D eigenvalue weighted by molar-refractivity contribution is 7.98. The van der Waals surface area contributed by atoms with Crippen LogP contribution in [0.15, 0.2) is 23.1 Å². The molecule has 0 aliphatic heterocycles. The van der Waals surface area contributed by atoms with Crippen LogP contribution in [0.25, 0.3) is 0 Å². The van der Waals surface area contributed by atoms with Crippen molar-refractivity contribution in [2.24, 2.45) is 7.05 Å². The van der Waals surface area contributed by atoms with E-state index in [4.69, 9.17) is 16.7 Å². The molecule has 1 N–H and O–H groups in total. The first-order chi connectivity index (χ1) is 9.40. The maximum atomic E-state index is 13.7. The minimum absolute atomic E-state index is 0.0582. The fourth-order valence-corrected chi connectivity index (χ4v) is 3.12. The molecule has 106 valence electrons. The number of aryl methyl sites for hydroxylation is 2. The Balaban J connectivity index is 2.22. The van der Waals surface area contributed by atoms with E-state index in [1.807, 2.05) is 6.92 Å². The molecule has 0 saturated carbocycles. The highest BCUT2D eigenvalue weighted by Gasteiger charge is 2.14. The molecule has 2 rings (SSSR count). The monoisotopic (exact) mass is 314 g/mol. The average molecular weight is 315 g/mol. The molecule has 0 amide bonds. The molecule has 0 spiro atoms. The van der Waals surface area contributed by atoms with Crippen LogP contribution in [0.1, 0.15) is 21.6 Å². The first-order valence-electron chi connectivity index (χ1n) is 5.73. The lowest BCUT2D eigenvalue weighted by molar-refractivity contribution is 0.0696. The van der Waals surface area contributed by atoms with E-state index in [9.17, 15) is 9.18 Å². The van der Waals surface area contributed by atoms with E-state index in [0.717, 1.165) is 17.3 Å². The van der Waals surface area contributed by atoms with Crippen LogP contribution in [-0.2, 0) is 12.8 Å². The Bertz CT molecular complexity index is 673. The van der Waals surface area contributed by atoms with Crippen molar-refractivity contribution in [1.82, 2.24) is 9.78 Å². The minimum atomic E-state index is -1.08. The van der Waals surface area contributed by atoms with Crippen molar-refractivity contribution >= 4 is 29.3 Å². The third kappa shape index (κ3) is 2.96. The van der Waals surface area contributed by atoms with E-state index in [2.05, 4.69) is 5.10 Å². The molecule has 0 bridgehead atoms. The normalized spacial score (nSPS) is 10.8. The summed E-state index contributed by atoms with van der Waals surface area (Å²) in [6.07, 6.45) is 0. The molecule has 0 aliphatic rings. The van der Waals surface area contributed by atoms with Crippen molar-refractivity contribution in [2.45, 2.75) is 17.6 Å². The summed E-state index contributed by atoms with van der Waals surface area (Å²) in [5.74, 6) is -1.10. The summed E-state index contributed by atoms with van der Waals surface area (Å²) in [6.45, 7) is 1.83. The Hall–Kier alpha value is -1.53. The van der Waals surface area contributed by atoms with Gasteiger partial charge in [0.1, 0.15) is 11.0 Å². The van der Waals surface area contributed by atoms with Crippen LogP contribution >= 0.6 is 23.4 Å². The maximum Gasteiger partial charge on any atom is 0.335 e. The van der Waals surface area contributed by atoms with Crippen LogP contribution in [0, 0.1) is 12.7 Å². The molecule has 20 heavy (non-hydrogen) atoms. The second-order valence-electron chi connectivity index (χ2n) is 4.22. The van der Waals surface area contributed by atoms with E-state index >= 15 is 0 Å². The molecule has 0 fully saturated rings. The van der Waals surface area contributed by atoms with Gasteiger partial charge in [-0.1, -0.05) is 11.6 Å². The second-order valence-corrected chi connectivity index (χ2v) is 5.59. The average Bonchev–Trinajstić information content (AvgIpc) is 2.63. The van der Waals surface area contributed by atoms with Gasteiger partial charge in [-0.25, -0.2) is 9.18 Å². The molecular formula is C13H12ClFN2O2S. The number of benzene rings is 1. The third-order valence-electron chi connectivity index (χ3n) is 2.82. The molecule has 0 saturated heterocycles. The van der Waals surface area contributed by atoms with Crippen LogP contribution in [0.4, 0.5) is 4.39 Å². The zero-order valence-electron chi connectivity index (χ0n) is 10.9. The lowest BCUT2D eigenvalue weighted by atomic mass is 10.2. The van der Waals surface area contributed by atoms with Crippen molar-refractivity contribution in [1.29, 1.82) is 0 Å². The Morgan fingerprint density at radius 2 is 2.25 bits per heavy atom. The van der Waals surface area contributed by atoms with Crippen LogP contribution in [0.3, 0.4) is 0 Å². The number of carboxylic acid groups (broad SMARTS) is 1. The van der Waals surface area contributed by atoms with Gasteiger partial charge in [-0.15, -0.1) is 11.8 Å². The summed E-state index contributed by atoms with van der Waals surface area (Å²) in [4.78, 5) is 11.2. The molecule has 0 radical (unpaired) electrons. The quantitative estimate of drug-likeness (QED) is 0.877. The summed E-state index contributed by atoms with van der Waals surface area (Å²) in [5, 5.41) is 13.6. The number of aromatic carboxylic acids is 1. The van der Waals surface area contributed by atoms with Crippen molar-refractivity contribution in [3.8, 4) is 0 Å². The highest BCUT2D eigenvalue weighted by Crippen LogP contribution is 2.30. The molecule has 0 atom stereocenters. The molecule has 0 unspecified atom stereocenters. The van der Waals surface area contributed by atoms with Gasteiger partial charge >= 0.3 is 5.97 Å². The Kier molecular flexibility index (Phi) is 4.35.